The quantitative estimate of drug-likeness (QED) is 0.464. The van der Waals surface area contributed by atoms with Crippen molar-refractivity contribution < 1.29 is 15.6 Å². The Labute approximate surface area is 57.2 Å². The molecule has 0 fully saturated rings. The Morgan fingerprint density at radius 2 is 2.25 bits per heavy atom. The van der Waals surface area contributed by atoms with Gasteiger partial charge in [-0.2, -0.15) is 0 Å². The number of rotatable bonds is 0. The van der Waals surface area contributed by atoms with Crippen LogP contribution in [0.4, 0.5) is 0 Å². The third-order valence-electron chi connectivity index (χ3n) is 0. The van der Waals surface area contributed by atoms with Crippen molar-refractivity contribution in [2.24, 2.45) is 0 Å². The molecule has 0 nitrogen and oxygen atoms in total. The van der Waals surface area contributed by atoms with Crippen molar-refractivity contribution in [2.75, 3.05) is 0 Å². The summed E-state index contributed by atoms with van der Waals surface area (Å²) in [5.74, 6) is 0. The number of hydrogen-bond acceptors (Lipinski definition) is 2. The summed E-state index contributed by atoms with van der Waals surface area (Å²) in [6.07, 6.45) is 0. The molecule has 4 heavy (non-hydrogen) atoms. The van der Waals surface area contributed by atoms with Crippen LogP contribution >= 0.6 is 31.5 Å². The fraction of sp³-hybridized carbons (Fsp3) is 0. The summed E-state index contributed by atoms with van der Waals surface area (Å²) in [5, 5.41) is 0. The van der Waals surface area contributed by atoms with Crippen molar-refractivity contribution in [1.82, 2.24) is 0 Å². The van der Waals surface area contributed by atoms with Gasteiger partial charge in [0.15, 0.2) is 0 Å². The molecular formula is HIS2V-. The molecule has 0 N–H and O–H groups in total. The summed E-state index contributed by atoms with van der Waals surface area (Å²) >= 11 is 1.25. The van der Waals surface area contributed by atoms with E-state index < -0.39 is 15.6 Å². The summed E-state index contributed by atoms with van der Waals surface area (Å²) in [6.45, 7) is 0. The molecule has 0 rings (SSSR count). The normalized spacial score (nSPS) is 5.00. The molecule has 0 aliphatic carbocycles. The van der Waals surface area contributed by atoms with E-state index in [2.05, 4.69) is 20.1 Å². The van der Waals surface area contributed by atoms with E-state index in [1.807, 2.05) is 0 Å². The van der Waals surface area contributed by atoms with Crippen LogP contribution < -0.4 is 0 Å². The maximum Gasteiger partial charge on any atom is -0.287 e. The van der Waals surface area contributed by atoms with E-state index in [0.29, 0.717) is 0 Å². The molecule has 4 heteroatoms. The van der Waals surface area contributed by atoms with Crippen molar-refractivity contribution >= 4 is 41.3 Å². The first-order chi connectivity index (χ1) is 2.41. The first-order valence-corrected chi connectivity index (χ1v) is 5.36. The minimum atomic E-state index is -0.479. The van der Waals surface area contributed by atoms with E-state index in [-0.39, 0.29) is 0 Å². The molecule has 0 aliphatic heterocycles. The van der Waals surface area contributed by atoms with Crippen LogP contribution in [0.5, 0.6) is 0 Å². The molecule has 0 atom stereocenters. The zero-order valence-electron chi connectivity index (χ0n) is 2.64. The van der Waals surface area contributed by atoms with E-state index in [4.69, 9.17) is 0.879 Å². The van der Waals surface area contributed by atoms with Crippen molar-refractivity contribution in [3.05, 3.63) is 0 Å². The molecule has 0 spiro atoms. The van der Waals surface area contributed by atoms with Crippen LogP contribution in [0.25, 0.3) is 0 Å². The van der Waals surface area contributed by atoms with E-state index in [9.17, 15) is 0 Å². The average Bonchev–Trinajstić information content (AvgIpc) is 1.46. The number of hydrogen-bond donors (Lipinski definition) is 0. The molecule has 0 aliphatic rings. The summed E-state index contributed by atoms with van der Waals surface area (Å²) in [4.78, 5) is 0. The van der Waals surface area contributed by atoms with Crippen LogP contribution in [-0.2, 0) is 25.4 Å². The van der Waals surface area contributed by atoms with Crippen LogP contribution in [0.2, 0.25) is 0 Å². The molecule has 0 bridgehead atoms. The summed E-state index contributed by atoms with van der Waals surface area (Å²) in [5.41, 5.74) is 0. The third kappa shape index (κ3) is 9.10. The summed E-state index contributed by atoms with van der Waals surface area (Å²) in [7, 11) is 8.21. The molecule has 0 heterocycles. The maximum atomic E-state index is 6.12. The van der Waals surface area contributed by atoms with E-state index >= 15 is 0 Å². The van der Waals surface area contributed by atoms with Crippen molar-refractivity contribution in [3.8, 4) is 0 Å². The fourth-order valence-electron chi connectivity index (χ4n) is 0. The van der Waals surface area contributed by atoms with Crippen LogP contribution in [0.1, 0.15) is 0 Å². The second-order valence-corrected chi connectivity index (χ2v) is 0. The smallest absolute Gasteiger partial charge is 0.287 e. The standard InChI is InChI=1S/IS.S.V.H/c1-2;;;/q-1;;;/i;;;1+1. The SMILES string of the molecule is [2H][V]=[S].[S-]I. The molecular weight excluding hydrogens is 242 g/mol. The molecule has 26 valence electrons. The van der Waals surface area contributed by atoms with Gasteiger partial charge in [0.25, 0.3) is 0 Å². The van der Waals surface area contributed by atoms with Gasteiger partial charge in [-0.05, 0) is 0 Å². The van der Waals surface area contributed by atoms with Crippen LogP contribution in [-0.4, -0.2) is 0.879 Å². The fourth-order valence-corrected chi connectivity index (χ4v) is 0. The molecule has 0 saturated heterocycles. The first kappa shape index (κ1) is 5.88. The average molecular weight is 244 g/mol. The van der Waals surface area contributed by atoms with Crippen LogP contribution in [0.3, 0.4) is 0 Å². The van der Waals surface area contributed by atoms with E-state index in [1.165, 1.54) is 0 Å². The molecule has 0 amide bonds. The van der Waals surface area contributed by atoms with Crippen LogP contribution in [0.15, 0.2) is 0 Å². The van der Waals surface area contributed by atoms with Crippen LogP contribution in [0, 0.1) is 0 Å². The zero-order chi connectivity index (χ0) is 4.71. The minimum absolute atomic E-state index is 0.479. The second kappa shape index (κ2) is 20.8. The van der Waals surface area contributed by atoms with Gasteiger partial charge >= 0.3 is 26.7 Å². The monoisotopic (exact) mass is 244 g/mol. The number of halogens is 1. The molecule has 0 aromatic rings. The van der Waals surface area contributed by atoms with Gasteiger partial charge in [0.05, 0.1) is 0 Å². The second-order valence-electron chi connectivity index (χ2n) is 0. The van der Waals surface area contributed by atoms with Gasteiger partial charge in [-0.25, -0.2) is 0 Å². The predicted molar refractivity (Wildman–Crippen MR) is 30.4 cm³/mol. The van der Waals surface area contributed by atoms with Gasteiger partial charge in [-0.3, -0.25) is 21.2 Å². The largest absolute Gasteiger partial charge is 0.713 e. The topological polar surface area (TPSA) is 0 Å². The molecule has 0 saturated carbocycles. The van der Waals surface area contributed by atoms with Gasteiger partial charge in [0, 0.05) is 0 Å². The van der Waals surface area contributed by atoms with E-state index in [1.54, 1.807) is 21.2 Å². The van der Waals surface area contributed by atoms with Gasteiger partial charge in [-0.1, -0.05) is 0 Å². The Balaban J connectivity index is 0. The van der Waals surface area contributed by atoms with Gasteiger partial charge in [0.1, 0.15) is 0 Å². The Morgan fingerprint density at radius 1 is 2.25 bits per heavy atom. The van der Waals surface area contributed by atoms with Crippen molar-refractivity contribution in [1.29, 1.82) is 0.879 Å². The van der Waals surface area contributed by atoms with Crippen molar-refractivity contribution in [3.63, 3.8) is 0 Å². The Hall–Kier alpha value is 1.88. The Kier molecular flexibility index (Phi) is 30.5. The zero-order valence-corrected chi connectivity index (χ0v) is 6.83. The molecule has 0 unspecified atom stereocenters. The molecule has 0 radical (unpaired) electrons. The van der Waals surface area contributed by atoms with Gasteiger partial charge in [-0.15, -0.1) is 0 Å². The Morgan fingerprint density at radius 3 is 2.25 bits per heavy atom. The Bertz CT molecular complexity index is 17.1. The van der Waals surface area contributed by atoms with Gasteiger partial charge in [0.2, 0.25) is 0 Å². The van der Waals surface area contributed by atoms with Gasteiger partial charge < -0.3 is 9.80 Å². The third-order valence-corrected chi connectivity index (χ3v) is 0. The molecule has 0 aromatic heterocycles. The molecule has 0 aromatic carbocycles. The summed E-state index contributed by atoms with van der Waals surface area (Å²) in [6, 6.07) is 0. The predicted octanol–water partition coefficient (Wildman–Crippen LogP) is 1.26. The maximum absolute atomic E-state index is 6.12. The summed E-state index contributed by atoms with van der Waals surface area (Å²) < 4.78 is 6.12. The van der Waals surface area contributed by atoms with Crippen molar-refractivity contribution in [2.45, 2.75) is 0 Å². The van der Waals surface area contributed by atoms with E-state index in [0.717, 1.165) is 0 Å². The minimum Gasteiger partial charge on any atom is -0.713 e. The first-order valence-electron chi connectivity index (χ1n) is 0.784.